The maximum Gasteiger partial charge on any atom is 0.295 e. The van der Waals surface area contributed by atoms with Crippen LogP contribution in [0.5, 0.6) is 5.75 Å². The second kappa shape index (κ2) is 15.2. The van der Waals surface area contributed by atoms with Crippen molar-refractivity contribution in [1.82, 2.24) is 14.7 Å². The van der Waals surface area contributed by atoms with Crippen molar-refractivity contribution in [3.63, 3.8) is 0 Å². The zero-order chi connectivity index (χ0) is 34.2. The number of hydrogen-bond donors (Lipinski definition) is 3. The minimum atomic E-state index is -0.575. The molecule has 1 heterocycles. The summed E-state index contributed by atoms with van der Waals surface area (Å²) >= 11 is 1.28. The van der Waals surface area contributed by atoms with E-state index >= 15 is 0 Å². The molecule has 1 unspecified atom stereocenters. The van der Waals surface area contributed by atoms with Crippen LogP contribution in [0, 0.1) is 6.92 Å². The van der Waals surface area contributed by atoms with E-state index in [1.54, 1.807) is 112 Å². The minimum absolute atomic E-state index is 0.0299. The lowest BCUT2D eigenvalue weighted by molar-refractivity contribution is -0.115. The normalized spacial score (nSPS) is 11.8. The Bertz CT molecular complexity index is 2040. The van der Waals surface area contributed by atoms with Crippen molar-refractivity contribution in [2.45, 2.75) is 24.0 Å². The average molecular weight is 662 g/mol. The third-order valence-corrected chi connectivity index (χ3v) is 8.60. The number of para-hydroxylation sites is 1. The summed E-state index contributed by atoms with van der Waals surface area (Å²) in [4.78, 5) is 53.8. The van der Waals surface area contributed by atoms with Crippen LogP contribution in [-0.4, -0.2) is 39.4 Å². The molecule has 11 heteroatoms. The van der Waals surface area contributed by atoms with Crippen LogP contribution >= 0.6 is 11.8 Å². The van der Waals surface area contributed by atoms with Gasteiger partial charge in [-0.15, -0.1) is 11.8 Å². The number of ether oxygens (including phenoxy) is 1. The van der Waals surface area contributed by atoms with E-state index in [-0.39, 0.29) is 22.9 Å². The molecule has 48 heavy (non-hydrogen) atoms. The molecule has 0 fully saturated rings. The fourth-order valence-electron chi connectivity index (χ4n) is 4.88. The molecule has 0 radical (unpaired) electrons. The molecule has 0 aliphatic heterocycles. The molecular weight excluding hydrogens is 627 g/mol. The second-order valence-electron chi connectivity index (χ2n) is 10.8. The van der Waals surface area contributed by atoms with Crippen LogP contribution in [0.1, 0.15) is 28.5 Å². The van der Waals surface area contributed by atoms with Crippen molar-refractivity contribution in [3.8, 4) is 11.4 Å². The summed E-state index contributed by atoms with van der Waals surface area (Å²) in [5, 5.41) is 7.83. The molecule has 3 amide bonds. The van der Waals surface area contributed by atoms with Crippen LogP contribution in [0.3, 0.4) is 0 Å². The molecule has 1 aromatic heterocycles. The first-order valence-corrected chi connectivity index (χ1v) is 16.0. The molecule has 0 aliphatic rings. The zero-order valence-corrected chi connectivity index (χ0v) is 27.7. The highest BCUT2D eigenvalue weighted by Gasteiger charge is 2.22. The van der Waals surface area contributed by atoms with Crippen LogP contribution in [0.15, 0.2) is 125 Å². The van der Waals surface area contributed by atoms with E-state index in [0.717, 1.165) is 0 Å². The van der Waals surface area contributed by atoms with Gasteiger partial charge in [0.15, 0.2) is 0 Å². The summed E-state index contributed by atoms with van der Waals surface area (Å²) in [6.45, 7) is 3.52. The number of aromatic nitrogens is 2. The maximum atomic E-state index is 13.5. The number of carbonyl (C=O) groups excluding carboxylic acids is 3. The number of amides is 3. The lowest BCUT2D eigenvalue weighted by Gasteiger charge is -2.14. The molecule has 244 valence electrons. The minimum Gasteiger partial charge on any atom is -0.497 e. The first-order chi connectivity index (χ1) is 23.1. The molecule has 1 atom stereocenters. The number of anilines is 2. The summed E-state index contributed by atoms with van der Waals surface area (Å²) in [5.41, 5.74) is 2.75. The Hall–Kier alpha value is -5.81. The van der Waals surface area contributed by atoms with Crippen LogP contribution in [-0.2, 0) is 16.6 Å². The average Bonchev–Trinajstić information content (AvgIpc) is 3.31. The molecule has 0 spiro atoms. The molecule has 10 nitrogen and oxygen atoms in total. The van der Waals surface area contributed by atoms with Crippen LogP contribution in [0.4, 0.5) is 11.4 Å². The lowest BCUT2D eigenvalue weighted by atomic mass is 10.1. The number of thioether (sulfide) groups is 1. The highest BCUT2D eigenvalue weighted by Crippen LogP contribution is 2.27. The molecule has 0 aliphatic carbocycles. The number of nitrogens with zero attached hydrogens (tertiary/aromatic N) is 2. The van der Waals surface area contributed by atoms with Crippen molar-refractivity contribution >= 4 is 46.9 Å². The Labute approximate surface area is 282 Å². The number of rotatable bonds is 11. The number of nitrogens with one attached hydrogen (secondary N) is 3. The Kier molecular flexibility index (Phi) is 10.6. The van der Waals surface area contributed by atoms with E-state index in [1.807, 2.05) is 36.4 Å². The van der Waals surface area contributed by atoms with E-state index in [4.69, 9.17) is 4.74 Å². The van der Waals surface area contributed by atoms with Gasteiger partial charge in [-0.25, -0.2) is 4.68 Å². The summed E-state index contributed by atoms with van der Waals surface area (Å²) in [5.74, 6) is -0.713. The Morgan fingerprint density at radius 3 is 2.25 bits per heavy atom. The van der Waals surface area contributed by atoms with Crippen molar-refractivity contribution in [1.29, 1.82) is 0 Å². The van der Waals surface area contributed by atoms with E-state index in [0.29, 0.717) is 38.8 Å². The van der Waals surface area contributed by atoms with E-state index in [9.17, 15) is 19.2 Å². The summed E-state index contributed by atoms with van der Waals surface area (Å²) in [6.07, 6.45) is 1.57. The van der Waals surface area contributed by atoms with E-state index in [2.05, 4.69) is 16.0 Å². The van der Waals surface area contributed by atoms with Crippen LogP contribution < -0.4 is 26.2 Å². The van der Waals surface area contributed by atoms with Gasteiger partial charge in [-0.1, -0.05) is 54.6 Å². The summed E-state index contributed by atoms with van der Waals surface area (Å²) in [6, 6.07) is 32.0. The van der Waals surface area contributed by atoms with Gasteiger partial charge in [0.2, 0.25) is 5.91 Å². The molecule has 3 N–H and O–H groups in total. The van der Waals surface area contributed by atoms with E-state index in [1.165, 1.54) is 16.4 Å². The maximum absolute atomic E-state index is 13.5. The largest absolute Gasteiger partial charge is 0.497 e. The van der Waals surface area contributed by atoms with Crippen LogP contribution in [0.2, 0.25) is 0 Å². The fourth-order valence-corrected chi connectivity index (χ4v) is 5.81. The SMILES string of the molecule is COc1cccc(/C=C(\NC(=O)c2ccccc2)C(=O)Nc2cccc(SC(C)C(=O)Nc3c(C)n(C)n(-c4ccccc4)c3=O)c2)c1. The van der Waals surface area contributed by atoms with Gasteiger partial charge in [-0.2, -0.15) is 0 Å². The Morgan fingerprint density at radius 1 is 0.854 bits per heavy atom. The number of benzene rings is 4. The highest BCUT2D eigenvalue weighted by molar-refractivity contribution is 8.00. The van der Waals surface area contributed by atoms with Crippen LogP contribution in [0.25, 0.3) is 11.8 Å². The molecule has 0 bridgehead atoms. The lowest BCUT2D eigenvalue weighted by Crippen LogP contribution is -2.30. The monoisotopic (exact) mass is 661 g/mol. The van der Waals surface area contributed by atoms with Gasteiger partial charge in [0.05, 0.1) is 23.7 Å². The first kappa shape index (κ1) is 33.6. The summed E-state index contributed by atoms with van der Waals surface area (Å²) < 4.78 is 8.52. The van der Waals surface area contributed by atoms with Gasteiger partial charge in [-0.05, 0) is 80.1 Å². The zero-order valence-electron chi connectivity index (χ0n) is 26.9. The Balaban J connectivity index is 1.31. The molecular formula is C37H35N5O5S. The molecule has 5 aromatic rings. The second-order valence-corrected chi connectivity index (χ2v) is 12.2. The number of hydrogen-bond acceptors (Lipinski definition) is 6. The third kappa shape index (κ3) is 7.94. The predicted octanol–water partition coefficient (Wildman–Crippen LogP) is 6.02. The molecule has 4 aromatic carbocycles. The van der Waals surface area contributed by atoms with Gasteiger partial charge in [-0.3, -0.25) is 23.9 Å². The fraction of sp³-hybridized carbons (Fsp3) is 0.135. The molecule has 5 rings (SSSR count). The topological polar surface area (TPSA) is 123 Å². The Morgan fingerprint density at radius 2 is 1.54 bits per heavy atom. The van der Waals surface area contributed by atoms with Crippen molar-refractivity contribution in [3.05, 3.63) is 142 Å². The summed E-state index contributed by atoms with van der Waals surface area (Å²) in [7, 11) is 3.31. The standard InChI is InChI=1S/C37H35N5O5S/c1-24-33(37(46)42(41(24)3)29-17-9-6-10-18-29)40-34(43)25(2)48-31-20-12-16-28(23-31)38-36(45)32(22-26-13-11-19-30(21-26)47-4)39-35(44)27-14-7-5-8-15-27/h5-23,25H,1-4H3,(H,38,45)(H,39,44)(H,40,43)/b32-22-. The third-order valence-electron chi connectivity index (χ3n) is 7.51. The predicted molar refractivity (Wildman–Crippen MR) is 190 cm³/mol. The molecule has 0 saturated carbocycles. The molecule has 0 saturated heterocycles. The van der Waals surface area contributed by atoms with Gasteiger partial charge in [0, 0.05) is 23.2 Å². The van der Waals surface area contributed by atoms with Gasteiger partial charge in [0.25, 0.3) is 17.4 Å². The number of carbonyl (C=O) groups is 3. The van der Waals surface area contributed by atoms with E-state index < -0.39 is 17.1 Å². The van der Waals surface area contributed by atoms with Gasteiger partial charge < -0.3 is 20.7 Å². The van der Waals surface area contributed by atoms with Crippen molar-refractivity contribution < 1.29 is 19.1 Å². The highest BCUT2D eigenvalue weighted by atomic mass is 32.2. The number of methoxy groups -OCH3 is 1. The van der Waals surface area contributed by atoms with Crippen molar-refractivity contribution in [2.24, 2.45) is 7.05 Å². The smallest absolute Gasteiger partial charge is 0.295 e. The quantitative estimate of drug-likeness (QED) is 0.118. The first-order valence-electron chi connectivity index (χ1n) is 15.1. The van der Waals surface area contributed by atoms with Gasteiger partial charge >= 0.3 is 0 Å². The van der Waals surface area contributed by atoms with Gasteiger partial charge in [0.1, 0.15) is 17.1 Å². The van der Waals surface area contributed by atoms with Crippen molar-refractivity contribution in [2.75, 3.05) is 17.7 Å².